The number of aromatic nitrogens is 1. The summed E-state index contributed by atoms with van der Waals surface area (Å²) in [7, 11) is 0. The van der Waals surface area contributed by atoms with E-state index in [9.17, 15) is 4.79 Å². The van der Waals surface area contributed by atoms with Crippen molar-refractivity contribution >= 4 is 5.91 Å². The number of nitrogens with zero attached hydrogens (tertiary/aromatic N) is 1. The molecule has 4 N–H and O–H groups in total. The normalized spacial score (nSPS) is 14.9. The van der Waals surface area contributed by atoms with Gasteiger partial charge < -0.3 is 11.5 Å². The van der Waals surface area contributed by atoms with Crippen molar-refractivity contribution in [2.24, 2.45) is 11.5 Å². The van der Waals surface area contributed by atoms with Crippen LogP contribution in [0, 0.1) is 0 Å². The quantitative estimate of drug-likeness (QED) is 0.675. The van der Waals surface area contributed by atoms with Crippen molar-refractivity contribution < 1.29 is 4.79 Å². The number of hydrogen-bond donors (Lipinski definition) is 2. The molecule has 70 valence electrons. The molecule has 0 aliphatic rings. The molecule has 1 aromatic rings. The van der Waals surface area contributed by atoms with Crippen LogP contribution in [0.25, 0.3) is 0 Å². The van der Waals surface area contributed by atoms with Crippen LogP contribution in [-0.4, -0.2) is 16.4 Å². The van der Waals surface area contributed by atoms with E-state index in [1.807, 2.05) is 18.2 Å². The van der Waals surface area contributed by atoms with Gasteiger partial charge in [-0.15, -0.1) is 0 Å². The van der Waals surface area contributed by atoms with Crippen LogP contribution in [0.5, 0.6) is 0 Å². The molecule has 0 aliphatic heterocycles. The third-order valence-electron chi connectivity index (χ3n) is 1.84. The molecular weight excluding hydrogens is 166 g/mol. The molecule has 4 nitrogen and oxygen atoms in total. The van der Waals surface area contributed by atoms with Crippen LogP contribution in [0.2, 0.25) is 0 Å². The molecular formula is C9H13N3O. The molecule has 0 saturated carbocycles. The van der Waals surface area contributed by atoms with E-state index in [0.717, 1.165) is 5.69 Å². The van der Waals surface area contributed by atoms with E-state index in [4.69, 9.17) is 11.5 Å². The number of pyridine rings is 1. The first-order valence-electron chi connectivity index (χ1n) is 4.01. The van der Waals surface area contributed by atoms with Gasteiger partial charge in [-0.25, -0.2) is 0 Å². The third-order valence-corrected chi connectivity index (χ3v) is 1.84. The molecule has 0 aliphatic carbocycles. The molecule has 0 saturated heterocycles. The lowest BCUT2D eigenvalue weighted by Crippen LogP contribution is -2.51. The van der Waals surface area contributed by atoms with Crippen molar-refractivity contribution in [1.82, 2.24) is 4.98 Å². The van der Waals surface area contributed by atoms with Gasteiger partial charge in [-0.2, -0.15) is 0 Å². The summed E-state index contributed by atoms with van der Waals surface area (Å²) in [6.07, 6.45) is 2.02. The van der Waals surface area contributed by atoms with E-state index in [2.05, 4.69) is 4.98 Å². The first-order valence-corrected chi connectivity index (χ1v) is 4.01. The predicted molar refractivity (Wildman–Crippen MR) is 49.7 cm³/mol. The number of carbonyl (C=O) groups excluding carboxylic acids is 1. The highest BCUT2D eigenvalue weighted by atomic mass is 16.1. The Labute approximate surface area is 77.0 Å². The lowest BCUT2D eigenvalue weighted by molar-refractivity contribution is -0.122. The lowest BCUT2D eigenvalue weighted by Gasteiger charge is -2.19. The average molecular weight is 179 g/mol. The van der Waals surface area contributed by atoms with Crippen LogP contribution in [0.4, 0.5) is 0 Å². The van der Waals surface area contributed by atoms with Gasteiger partial charge in [0.05, 0.1) is 5.54 Å². The van der Waals surface area contributed by atoms with Gasteiger partial charge in [-0.1, -0.05) is 6.07 Å². The van der Waals surface area contributed by atoms with Crippen molar-refractivity contribution in [2.45, 2.75) is 18.9 Å². The van der Waals surface area contributed by atoms with E-state index in [1.54, 1.807) is 13.1 Å². The molecule has 1 amide bonds. The van der Waals surface area contributed by atoms with Crippen LogP contribution in [0.15, 0.2) is 24.4 Å². The Balaban J connectivity index is 2.75. The van der Waals surface area contributed by atoms with Crippen molar-refractivity contribution in [3.63, 3.8) is 0 Å². The smallest absolute Gasteiger partial charge is 0.237 e. The standard InChI is InChI=1S/C9H13N3O/c1-9(11,8(10)13)6-7-4-2-3-5-12-7/h2-5H,6,11H2,1H3,(H2,10,13)/t9-/m0/s1. The van der Waals surface area contributed by atoms with Crippen LogP contribution in [0.1, 0.15) is 12.6 Å². The number of rotatable bonds is 3. The van der Waals surface area contributed by atoms with Gasteiger partial charge in [0, 0.05) is 18.3 Å². The Kier molecular flexibility index (Phi) is 2.63. The summed E-state index contributed by atoms with van der Waals surface area (Å²) in [6.45, 7) is 1.60. The number of primary amides is 1. The molecule has 0 aromatic carbocycles. The minimum atomic E-state index is -1.02. The first kappa shape index (κ1) is 9.67. The second-order valence-electron chi connectivity index (χ2n) is 3.28. The molecule has 4 heteroatoms. The van der Waals surface area contributed by atoms with Crippen LogP contribution in [0.3, 0.4) is 0 Å². The van der Waals surface area contributed by atoms with Gasteiger partial charge in [0.2, 0.25) is 5.91 Å². The number of carbonyl (C=O) groups is 1. The molecule has 1 rings (SSSR count). The highest BCUT2D eigenvalue weighted by Gasteiger charge is 2.26. The number of amides is 1. The average Bonchev–Trinajstić information content (AvgIpc) is 2.05. The largest absolute Gasteiger partial charge is 0.368 e. The Morgan fingerprint density at radius 3 is 2.77 bits per heavy atom. The van der Waals surface area contributed by atoms with Gasteiger partial charge >= 0.3 is 0 Å². The van der Waals surface area contributed by atoms with Crippen LogP contribution >= 0.6 is 0 Å². The second kappa shape index (κ2) is 3.53. The molecule has 1 heterocycles. The maximum absolute atomic E-state index is 10.9. The van der Waals surface area contributed by atoms with E-state index in [0.29, 0.717) is 6.42 Å². The summed E-state index contributed by atoms with van der Waals surface area (Å²) in [4.78, 5) is 15.0. The Morgan fingerprint density at radius 2 is 2.31 bits per heavy atom. The number of nitrogens with two attached hydrogens (primary N) is 2. The zero-order chi connectivity index (χ0) is 9.90. The van der Waals surface area contributed by atoms with E-state index in [1.165, 1.54) is 0 Å². The molecule has 13 heavy (non-hydrogen) atoms. The van der Waals surface area contributed by atoms with Crippen LogP contribution in [-0.2, 0) is 11.2 Å². The minimum Gasteiger partial charge on any atom is -0.368 e. The highest BCUT2D eigenvalue weighted by molar-refractivity contribution is 5.84. The fourth-order valence-electron chi connectivity index (χ4n) is 0.966. The molecule has 0 bridgehead atoms. The monoisotopic (exact) mass is 179 g/mol. The third kappa shape index (κ3) is 2.52. The van der Waals surface area contributed by atoms with Crippen molar-refractivity contribution in [3.05, 3.63) is 30.1 Å². The number of hydrogen-bond acceptors (Lipinski definition) is 3. The summed E-state index contributed by atoms with van der Waals surface area (Å²) in [5.74, 6) is -0.516. The Morgan fingerprint density at radius 1 is 1.62 bits per heavy atom. The summed E-state index contributed by atoms with van der Waals surface area (Å²) in [5, 5.41) is 0. The molecule has 1 aromatic heterocycles. The van der Waals surface area contributed by atoms with E-state index >= 15 is 0 Å². The maximum atomic E-state index is 10.9. The van der Waals surface area contributed by atoms with Gasteiger partial charge in [-0.05, 0) is 19.1 Å². The summed E-state index contributed by atoms with van der Waals surface area (Å²) < 4.78 is 0. The molecule has 0 radical (unpaired) electrons. The molecule has 1 atom stereocenters. The summed E-state index contributed by atoms with van der Waals surface area (Å²) in [6, 6.07) is 5.47. The molecule has 0 unspecified atom stereocenters. The molecule has 0 spiro atoms. The van der Waals surface area contributed by atoms with Crippen molar-refractivity contribution in [1.29, 1.82) is 0 Å². The highest BCUT2D eigenvalue weighted by Crippen LogP contribution is 2.06. The summed E-state index contributed by atoms with van der Waals surface area (Å²) >= 11 is 0. The van der Waals surface area contributed by atoms with Gasteiger partial charge in [0.25, 0.3) is 0 Å². The predicted octanol–water partition coefficient (Wildman–Crippen LogP) is -0.173. The topological polar surface area (TPSA) is 82.0 Å². The SMILES string of the molecule is C[C@](N)(Cc1ccccn1)C(N)=O. The zero-order valence-corrected chi connectivity index (χ0v) is 7.53. The van der Waals surface area contributed by atoms with E-state index in [-0.39, 0.29) is 0 Å². The summed E-state index contributed by atoms with van der Waals surface area (Å²) in [5.41, 5.74) is 10.6. The minimum absolute atomic E-state index is 0.364. The Bertz CT molecular complexity index is 295. The fraction of sp³-hybridized carbons (Fsp3) is 0.333. The van der Waals surface area contributed by atoms with Gasteiger partial charge in [0.15, 0.2) is 0 Å². The molecule has 0 fully saturated rings. The Hall–Kier alpha value is -1.42. The first-order chi connectivity index (χ1) is 6.02. The van der Waals surface area contributed by atoms with E-state index < -0.39 is 11.4 Å². The lowest BCUT2D eigenvalue weighted by atomic mass is 9.96. The van der Waals surface area contributed by atoms with Gasteiger partial charge in [0.1, 0.15) is 0 Å². The maximum Gasteiger partial charge on any atom is 0.237 e. The zero-order valence-electron chi connectivity index (χ0n) is 7.53. The van der Waals surface area contributed by atoms with Crippen LogP contribution < -0.4 is 11.5 Å². The fourth-order valence-corrected chi connectivity index (χ4v) is 0.966. The second-order valence-corrected chi connectivity index (χ2v) is 3.28. The van der Waals surface area contributed by atoms with Crippen molar-refractivity contribution in [2.75, 3.05) is 0 Å². The van der Waals surface area contributed by atoms with Crippen molar-refractivity contribution in [3.8, 4) is 0 Å². The van der Waals surface area contributed by atoms with Gasteiger partial charge in [-0.3, -0.25) is 9.78 Å².